The van der Waals surface area contributed by atoms with E-state index in [1.54, 1.807) is 18.2 Å². The lowest BCUT2D eigenvalue weighted by atomic mass is 9.84. The Hall–Kier alpha value is -4.68. The monoisotopic (exact) mass is 418 g/mol. The summed E-state index contributed by atoms with van der Waals surface area (Å²) in [5.41, 5.74) is 5.41. The molecule has 0 aliphatic heterocycles. The molecule has 2 aromatic heterocycles. The highest BCUT2D eigenvalue weighted by Gasteiger charge is 2.27. The third kappa shape index (κ3) is 2.94. The number of nitriles is 2. The van der Waals surface area contributed by atoms with E-state index in [0.29, 0.717) is 22.4 Å². The lowest BCUT2D eigenvalue weighted by Crippen LogP contribution is -2.04. The molecule has 0 spiro atoms. The van der Waals surface area contributed by atoms with Crippen LogP contribution in [0.2, 0.25) is 0 Å². The summed E-state index contributed by atoms with van der Waals surface area (Å²) in [6.07, 6.45) is 3.82. The summed E-state index contributed by atoms with van der Waals surface area (Å²) in [5, 5.41) is 31.6. The minimum Gasteiger partial charge on any atom is -0.504 e. The predicted octanol–water partition coefficient (Wildman–Crippen LogP) is 5.29. The van der Waals surface area contributed by atoms with Gasteiger partial charge < -0.3 is 19.8 Å². The first kappa shape index (κ1) is 19.3. The molecule has 0 saturated carbocycles. The van der Waals surface area contributed by atoms with Crippen LogP contribution in [-0.4, -0.2) is 22.2 Å². The number of hydrogen-bond acceptors (Lipinski definition) is 4. The van der Waals surface area contributed by atoms with Gasteiger partial charge in [-0.1, -0.05) is 18.2 Å². The molecular formula is C26H18N4O2. The molecule has 0 fully saturated rings. The van der Waals surface area contributed by atoms with E-state index in [0.717, 1.165) is 32.9 Å². The Morgan fingerprint density at radius 1 is 0.812 bits per heavy atom. The van der Waals surface area contributed by atoms with Crippen LogP contribution >= 0.6 is 0 Å². The smallest absolute Gasteiger partial charge is 0.161 e. The van der Waals surface area contributed by atoms with Gasteiger partial charge in [0.25, 0.3) is 0 Å². The maximum Gasteiger partial charge on any atom is 0.161 e. The molecule has 3 N–H and O–H groups in total. The number of methoxy groups -OCH3 is 1. The van der Waals surface area contributed by atoms with E-state index >= 15 is 0 Å². The number of nitrogens with zero attached hydrogens (tertiary/aromatic N) is 2. The van der Waals surface area contributed by atoms with E-state index < -0.39 is 0 Å². The molecule has 0 amide bonds. The van der Waals surface area contributed by atoms with Gasteiger partial charge in [-0.25, -0.2) is 0 Å². The minimum atomic E-state index is -0.352. The van der Waals surface area contributed by atoms with Crippen molar-refractivity contribution in [1.82, 2.24) is 9.97 Å². The summed E-state index contributed by atoms with van der Waals surface area (Å²) in [6.45, 7) is 0. The van der Waals surface area contributed by atoms with E-state index in [-0.39, 0.29) is 11.7 Å². The van der Waals surface area contributed by atoms with Crippen LogP contribution in [0.3, 0.4) is 0 Å². The Kier molecular flexibility index (Phi) is 4.54. The van der Waals surface area contributed by atoms with Gasteiger partial charge in [0.1, 0.15) is 0 Å². The quantitative estimate of drug-likeness (QED) is 0.368. The van der Waals surface area contributed by atoms with Gasteiger partial charge >= 0.3 is 0 Å². The number of H-pyrrole nitrogens is 2. The number of para-hydroxylation sites is 1. The maximum absolute atomic E-state index is 11.0. The van der Waals surface area contributed by atoms with E-state index in [2.05, 4.69) is 22.1 Å². The number of aromatic hydroxyl groups is 1. The summed E-state index contributed by atoms with van der Waals surface area (Å²) in [7, 11) is 1.52. The molecular weight excluding hydrogens is 400 g/mol. The van der Waals surface area contributed by atoms with Crippen LogP contribution in [0.25, 0.3) is 21.8 Å². The Labute approximate surface area is 183 Å². The minimum absolute atomic E-state index is 0.0637. The Morgan fingerprint density at radius 2 is 1.50 bits per heavy atom. The summed E-state index contributed by atoms with van der Waals surface area (Å²) < 4.78 is 5.37. The van der Waals surface area contributed by atoms with Crippen molar-refractivity contribution in [2.75, 3.05) is 7.11 Å². The van der Waals surface area contributed by atoms with Crippen LogP contribution in [0.1, 0.15) is 33.7 Å². The maximum atomic E-state index is 11.0. The fourth-order valence-electron chi connectivity index (χ4n) is 4.35. The highest BCUT2D eigenvalue weighted by molar-refractivity contribution is 5.90. The second-order valence-corrected chi connectivity index (χ2v) is 7.56. The van der Waals surface area contributed by atoms with Crippen LogP contribution < -0.4 is 4.74 Å². The van der Waals surface area contributed by atoms with Crippen molar-refractivity contribution in [3.05, 3.63) is 94.8 Å². The molecule has 32 heavy (non-hydrogen) atoms. The van der Waals surface area contributed by atoms with Crippen molar-refractivity contribution in [2.24, 2.45) is 0 Å². The molecule has 0 aliphatic rings. The zero-order valence-corrected chi connectivity index (χ0v) is 17.2. The number of fused-ring (bicyclic) bond motifs is 2. The van der Waals surface area contributed by atoms with E-state index in [4.69, 9.17) is 4.74 Å². The van der Waals surface area contributed by atoms with Crippen LogP contribution in [-0.2, 0) is 0 Å². The van der Waals surface area contributed by atoms with E-state index in [1.165, 1.54) is 7.11 Å². The zero-order valence-electron chi connectivity index (χ0n) is 17.2. The first-order chi connectivity index (χ1) is 15.6. The molecule has 0 saturated heterocycles. The fraction of sp³-hybridized carbons (Fsp3) is 0.0769. The van der Waals surface area contributed by atoms with Crippen molar-refractivity contribution in [1.29, 1.82) is 10.5 Å². The van der Waals surface area contributed by atoms with Crippen molar-refractivity contribution in [3.63, 3.8) is 0 Å². The highest BCUT2D eigenvalue weighted by atomic mass is 16.5. The van der Waals surface area contributed by atoms with Gasteiger partial charge in [-0.2, -0.15) is 10.5 Å². The van der Waals surface area contributed by atoms with Gasteiger partial charge in [0, 0.05) is 45.7 Å². The third-order valence-electron chi connectivity index (χ3n) is 5.87. The van der Waals surface area contributed by atoms with Gasteiger partial charge in [-0.15, -0.1) is 0 Å². The highest BCUT2D eigenvalue weighted by Crippen LogP contribution is 2.45. The average molecular weight is 418 g/mol. The molecule has 6 heteroatoms. The van der Waals surface area contributed by atoms with Gasteiger partial charge in [-0.3, -0.25) is 0 Å². The molecule has 2 heterocycles. The number of ether oxygens (including phenoxy) is 1. The van der Waals surface area contributed by atoms with Crippen LogP contribution in [0, 0.1) is 22.7 Å². The van der Waals surface area contributed by atoms with Crippen LogP contribution in [0.15, 0.2) is 67.0 Å². The molecule has 0 aliphatic carbocycles. The number of rotatable bonds is 4. The van der Waals surface area contributed by atoms with Crippen molar-refractivity contribution in [3.8, 4) is 23.6 Å². The number of nitrogens with one attached hydrogen (secondary N) is 2. The van der Waals surface area contributed by atoms with E-state index in [9.17, 15) is 15.6 Å². The molecule has 0 radical (unpaired) electrons. The number of aromatic amines is 2. The summed E-state index contributed by atoms with van der Waals surface area (Å²) in [4.78, 5) is 6.56. The summed E-state index contributed by atoms with van der Waals surface area (Å²) in [5.74, 6) is 0.0972. The molecule has 154 valence electrons. The number of hydrogen-bond donors (Lipinski definition) is 3. The molecule has 1 unspecified atom stereocenters. The number of benzene rings is 3. The number of phenols is 1. The van der Waals surface area contributed by atoms with Crippen molar-refractivity contribution < 1.29 is 9.84 Å². The van der Waals surface area contributed by atoms with E-state index in [1.807, 2.05) is 48.8 Å². The fourth-order valence-corrected chi connectivity index (χ4v) is 4.35. The lowest BCUT2D eigenvalue weighted by Gasteiger charge is -2.20. The zero-order chi connectivity index (χ0) is 22.2. The van der Waals surface area contributed by atoms with Gasteiger partial charge in [0.05, 0.1) is 30.4 Å². The first-order valence-corrected chi connectivity index (χ1v) is 10.0. The lowest BCUT2D eigenvalue weighted by molar-refractivity contribution is 0.370. The SMILES string of the molecule is COc1cccc(C(c2c[nH]c3cc(C#N)ccc23)c2c[nH]c3ccc(C#N)cc23)c1O. The molecule has 1 atom stereocenters. The van der Waals surface area contributed by atoms with Gasteiger partial charge in [0.2, 0.25) is 0 Å². The molecule has 0 bridgehead atoms. The topological polar surface area (TPSA) is 109 Å². The molecule has 5 rings (SSSR count). The second-order valence-electron chi connectivity index (χ2n) is 7.56. The predicted molar refractivity (Wildman–Crippen MR) is 122 cm³/mol. The molecule has 3 aromatic carbocycles. The average Bonchev–Trinajstić information content (AvgIpc) is 3.44. The van der Waals surface area contributed by atoms with Crippen LogP contribution in [0.4, 0.5) is 0 Å². The summed E-state index contributed by atoms with van der Waals surface area (Å²) in [6, 6.07) is 20.8. The normalized spacial score (nSPS) is 11.8. The standard InChI is InChI=1S/C26H18N4O2/c1-32-24-4-2-3-18(26(24)31)25(20-13-30-23-10-16(12-28)5-7-17(20)23)21-14-29-22-8-6-15(11-27)9-19(21)22/h2-10,13-14,25,29-31H,1H3. The Balaban J connectivity index is 1.83. The molecule has 5 aromatic rings. The van der Waals surface area contributed by atoms with Crippen LogP contribution in [0.5, 0.6) is 11.5 Å². The number of phenolic OH excluding ortho intramolecular Hbond substituents is 1. The largest absolute Gasteiger partial charge is 0.504 e. The van der Waals surface area contributed by atoms with Gasteiger partial charge in [0.15, 0.2) is 11.5 Å². The Morgan fingerprint density at radius 3 is 2.25 bits per heavy atom. The Bertz CT molecular complexity index is 1560. The first-order valence-electron chi connectivity index (χ1n) is 10.0. The summed E-state index contributed by atoms with van der Waals surface area (Å²) >= 11 is 0. The second kappa shape index (κ2) is 7.54. The third-order valence-corrected chi connectivity index (χ3v) is 5.87. The van der Waals surface area contributed by atoms with Gasteiger partial charge in [-0.05, 0) is 47.5 Å². The van der Waals surface area contributed by atoms with Crippen molar-refractivity contribution >= 4 is 21.8 Å². The molecule has 6 nitrogen and oxygen atoms in total. The van der Waals surface area contributed by atoms with Crippen molar-refractivity contribution in [2.45, 2.75) is 5.92 Å². The number of aromatic nitrogens is 2.